The van der Waals surface area contributed by atoms with E-state index < -0.39 is 0 Å². The zero-order valence-electron chi connectivity index (χ0n) is 10.3. The van der Waals surface area contributed by atoms with Gasteiger partial charge in [-0.1, -0.05) is 18.2 Å². The van der Waals surface area contributed by atoms with E-state index in [1.807, 2.05) is 24.3 Å². The van der Waals surface area contributed by atoms with E-state index >= 15 is 0 Å². The molecule has 1 heterocycles. The first-order valence-electron chi connectivity index (χ1n) is 5.96. The number of nitrogens with zero attached hydrogens (tertiary/aromatic N) is 1. The van der Waals surface area contributed by atoms with E-state index in [2.05, 4.69) is 16.4 Å². The molecule has 2 rings (SSSR count). The molecule has 0 saturated carbocycles. The standard InChI is InChI=1S/C14H16N2O2/c1-15-13(17)10-18-12-8-4-2-3-6-11-7-5-9-16-14(11)12/h3,5-9H,2,4,10H2,1H3,(H,15,17)/b6-3-,12-8+. The van der Waals surface area contributed by atoms with Crippen LogP contribution in [0.4, 0.5) is 0 Å². The number of nitrogens with one attached hydrogen (secondary N) is 1. The van der Waals surface area contributed by atoms with Crippen LogP contribution in [0.15, 0.2) is 30.5 Å². The van der Waals surface area contributed by atoms with Gasteiger partial charge in [0.05, 0.1) is 0 Å². The largest absolute Gasteiger partial charge is 0.482 e. The van der Waals surface area contributed by atoms with Crippen molar-refractivity contribution in [3.8, 4) is 0 Å². The molecule has 1 aromatic heterocycles. The Labute approximate surface area is 106 Å². The number of carbonyl (C=O) groups excluding carboxylic acids is 1. The molecule has 0 unspecified atom stereocenters. The van der Waals surface area contributed by atoms with Gasteiger partial charge in [-0.15, -0.1) is 0 Å². The molecule has 0 bridgehead atoms. The molecule has 1 N–H and O–H groups in total. The number of hydrogen-bond donors (Lipinski definition) is 1. The van der Waals surface area contributed by atoms with Crippen LogP contribution in [0.3, 0.4) is 0 Å². The van der Waals surface area contributed by atoms with Crippen LogP contribution < -0.4 is 5.32 Å². The Bertz CT molecular complexity index is 492. The van der Waals surface area contributed by atoms with Gasteiger partial charge < -0.3 is 10.1 Å². The second-order valence-electron chi connectivity index (χ2n) is 3.95. The monoisotopic (exact) mass is 244 g/mol. The SMILES string of the molecule is CNC(=O)CO/C1=C/CC/C=C\c2cccnc21. The summed E-state index contributed by atoms with van der Waals surface area (Å²) in [6.45, 7) is 0.0159. The summed E-state index contributed by atoms with van der Waals surface area (Å²) in [6, 6.07) is 3.88. The molecule has 0 radical (unpaired) electrons. The van der Waals surface area contributed by atoms with Gasteiger partial charge in [-0.05, 0) is 25.0 Å². The van der Waals surface area contributed by atoms with E-state index in [9.17, 15) is 4.79 Å². The predicted octanol–water partition coefficient (Wildman–Crippen LogP) is 1.99. The summed E-state index contributed by atoms with van der Waals surface area (Å²) in [5, 5.41) is 2.53. The summed E-state index contributed by atoms with van der Waals surface area (Å²) in [6.07, 6.45) is 9.71. The van der Waals surface area contributed by atoms with Crippen LogP contribution in [0, 0.1) is 0 Å². The molecular weight excluding hydrogens is 228 g/mol. The van der Waals surface area contributed by atoms with Gasteiger partial charge in [-0.3, -0.25) is 9.78 Å². The van der Waals surface area contributed by atoms with Crippen molar-refractivity contribution in [2.45, 2.75) is 12.8 Å². The third kappa shape index (κ3) is 2.97. The lowest BCUT2D eigenvalue weighted by Gasteiger charge is -2.13. The average Bonchev–Trinajstić information content (AvgIpc) is 2.38. The maximum Gasteiger partial charge on any atom is 0.257 e. The number of allylic oxidation sites excluding steroid dienone is 2. The molecule has 1 amide bonds. The van der Waals surface area contributed by atoms with Crippen molar-refractivity contribution < 1.29 is 9.53 Å². The van der Waals surface area contributed by atoms with Crippen molar-refractivity contribution >= 4 is 17.7 Å². The zero-order valence-corrected chi connectivity index (χ0v) is 10.3. The number of rotatable bonds is 3. The second kappa shape index (κ2) is 6.00. The summed E-state index contributed by atoms with van der Waals surface area (Å²) in [5.74, 6) is 0.532. The van der Waals surface area contributed by atoms with Crippen molar-refractivity contribution in [3.63, 3.8) is 0 Å². The Morgan fingerprint density at radius 3 is 3.22 bits per heavy atom. The number of likely N-dealkylation sites (N-methyl/N-ethyl adjacent to an activating group) is 1. The van der Waals surface area contributed by atoms with Crippen LogP contribution in [0.5, 0.6) is 0 Å². The van der Waals surface area contributed by atoms with Gasteiger partial charge in [0.25, 0.3) is 5.91 Å². The van der Waals surface area contributed by atoms with Crippen LogP contribution in [0.1, 0.15) is 24.1 Å². The molecule has 0 aromatic carbocycles. The number of fused-ring (bicyclic) bond motifs is 1. The lowest BCUT2D eigenvalue weighted by atomic mass is 10.1. The fourth-order valence-corrected chi connectivity index (χ4v) is 1.72. The maximum atomic E-state index is 11.2. The second-order valence-corrected chi connectivity index (χ2v) is 3.95. The Hall–Kier alpha value is -2.10. The summed E-state index contributed by atoms with van der Waals surface area (Å²) in [4.78, 5) is 15.6. The first-order chi connectivity index (χ1) is 8.81. The quantitative estimate of drug-likeness (QED) is 0.884. The number of carbonyl (C=O) groups is 1. The lowest BCUT2D eigenvalue weighted by molar-refractivity contribution is -0.123. The van der Waals surface area contributed by atoms with E-state index in [4.69, 9.17) is 4.74 Å². The molecule has 94 valence electrons. The van der Waals surface area contributed by atoms with E-state index in [0.29, 0.717) is 5.76 Å². The molecule has 18 heavy (non-hydrogen) atoms. The molecule has 0 fully saturated rings. The summed E-state index contributed by atoms with van der Waals surface area (Å²) >= 11 is 0. The van der Waals surface area contributed by atoms with Gasteiger partial charge in [-0.25, -0.2) is 0 Å². The lowest BCUT2D eigenvalue weighted by Crippen LogP contribution is -2.23. The van der Waals surface area contributed by atoms with E-state index in [1.165, 1.54) is 0 Å². The third-order valence-corrected chi connectivity index (χ3v) is 2.67. The van der Waals surface area contributed by atoms with E-state index in [1.54, 1.807) is 13.2 Å². The van der Waals surface area contributed by atoms with Crippen molar-refractivity contribution in [2.24, 2.45) is 0 Å². The fourth-order valence-electron chi connectivity index (χ4n) is 1.72. The van der Waals surface area contributed by atoms with Crippen LogP contribution in [0.2, 0.25) is 0 Å². The molecule has 0 aliphatic heterocycles. The van der Waals surface area contributed by atoms with Crippen LogP contribution >= 0.6 is 0 Å². The van der Waals surface area contributed by atoms with Crippen molar-refractivity contribution in [3.05, 3.63) is 41.7 Å². The van der Waals surface area contributed by atoms with E-state index in [-0.39, 0.29) is 12.5 Å². The third-order valence-electron chi connectivity index (χ3n) is 2.67. The van der Waals surface area contributed by atoms with Gasteiger partial charge in [0.1, 0.15) is 11.5 Å². The average molecular weight is 244 g/mol. The molecule has 1 aliphatic carbocycles. The van der Waals surface area contributed by atoms with Gasteiger partial charge in [-0.2, -0.15) is 0 Å². The highest BCUT2D eigenvalue weighted by Crippen LogP contribution is 2.22. The summed E-state index contributed by atoms with van der Waals surface area (Å²) in [5.41, 5.74) is 1.80. The molecule has 0 spiro atoms. The summed E-state index contributed by atoms with van der Waals surface area (Å²) < 4.78 is 5.55. The van der Waals surface area contributed by atoms with Crippen LogP contribution in [-0.4, -0.2) is 24.5 Å². The first-order valence-corrected chi connectivity index (χ1v) is 5.96. The minimum absolute atomic E-state index is 0.0159. The first kappa shape index (κ1) is 12.4. The molecule has 0 atom stereocenters. The highest BCUT2D eigenvalue weighted by molar-refractivity contribution is 5.78. The predicted molar refractivity (Wildman–Crippen MR) is 70.5 cm³/mol. The highest BCUT2D eigenvalue weighted by atomic mass is 16.5. The Morgan fingerprint density at radius 1 is 1.50 bits per heavy atom. The number of hydrogen-bond acceptors (Lipinski definition) is 3. The van der Waals surface area contributed by atoms with Crippen molar-refractivity contribution in [2.75, 3.05) is 13.7 Å². The molecular formula is C14H16N2O2. The number of aromatic nitrogens is 1. The van der Waals surface area contributed by atoms with Crippen molar-refractivity contribution in [1.82, 2.24) is 10.3 Å². The Kier molecular flexibility index (Phi) is 4.12. The minimum atomic E-state index is -0.147. The topological polar surface area (TPSA) is 51.2 Å². The smallest absolute Gasteiger partial charge is 0.257 e. The Balaban J connectivity index is 2.22. The van der Waals surface area contributed by atoms with Gasteiger partial charge >= 0.3 is 0 Å². The molecule has 1 aliphatic rings. The fraction of sp³-hybridized carbons (Fsp3) is 0.286. The Morgan fingerprint density at radius 2 is 2.39 bits per heavy atom. The molecule has 1 aromatic rings. The molecule has 0 saturated heterocycles. The number of ether oxygens (including phenoxy) is 1. The van der Waals surface area contributed by atoms with E-state index in [0.717, 1.165) is 24.1 Å². The normalized spacial score (nSPS) is 18.6. The van der Waals surface area contributed by atoms with Crippen molar-refractivity contribution in [1.29, 1.82) is 0 Å². The number of amides is 1. The molecule has 4 nitrogen and oxygen atoms in total. The number of pyridine rings is 1. The minimum Gasteiger partial charge on any atom is -0.482 e. The van der Waals surface area contributed by atoms with Crippen LogP contribution in [0.25, 0.3) is 11.8 Å². The molecule has 4 heteroatoms. The maximum absolute atomic E-state index is 11.2. The highest BCUT2D eigenvalue weighted by Gasteiger charge is 2.11. The van der Waals surface area contributed by atoms with Crippen LogP contribution in [-0.2, 0) is 9.53 Å². The van der Waals surface area contributed by atoms with Gasteiger partial charge in [0.2, 0.25) is 0 Å². The zero-order chi connectivity index (χ0) is 12.8. The van der Waals surface area contributed by atoms with Gasteiger partial charge in [0.15, 0.2) is 6.61 Å². The summed E-state index contributed by atoms with van der Waals surface area (Å²) in [7, 11) is 1.59. The van der Waals surface area contributed by atoms with Gasteiger partial charge in [0, 0.05) is 18.8 Å².